The van der Waals surface area contributed by atoms with Crippen molar-refractivity contribution in [3.05, 3.63) is 61.6 Å². The number of fused-ring (bicyclic) bond motifs is 1. The van der Waals surface area contributed by atoms with Gasteiger partial charge in [0, 0.05) is 4.88 Å². The van der Waals surface area contributed by atoms with Crippen LogP contribution in [0.15, 0.2) is 39.9 Å². The molecule has 1 N–H and O–H groups in total. The third-order valence-corrected chi connectivity index (χ3v) is 4.36. The maximum absolute atomic E-state index is 12.5. The number of aryl methyl sites for hydroxylation is 2. The lowest BCUT2D eigenvalue weighted by Crippen LogP contribution is -2.33. The first-order valence-corrected chi connectivity index (χ1v) is 6.71. The first-order chi connectivity index (χ1) is 9.09. The molecule has 19 heavy (non-hydrogen) atoms. The van der Waals surface area contributed by atoms with Crippen molar-refractivity contribution >= 4 is 21.6 Å². The minimum absolute atomic E-state index is 0.258. The normalized spacial score (nSPS) is 11.1. The fourth-order valence-corrected chi connectivity index (χ4v) is 3.18. The summed E-state index contributed by atoms with van der Waals surface area (Å²) in [4.78, 5) is 29.1. The van der Waals surface area contributed by atoms with Crippen LogP contribution in [0.4, 0.5) is 0 Å². The van der Waals surface area contributed by atoms with Gasteiger partial charge in [-0.15, -0.1) is 11.3 Å². The Morgan fingerprint density at radius 3 is 2.47 bits per heavy atom. The molecule has 2 aromatic heterocycles. The van der Waals surface area contributed by atoms with Gasteiger partial charge in [-0.05, 0) is 31.5 Å². The van der Waals surface area contributed by atoms with Crippen molar-refractivity contribution in [3.63, 3.8) is 0 Å². The molecule has 0 unspecified atom stereocenters. The van der Waals surface area contributed by atoms with Gasteiger partial charge in [0.1, 0.15) is 4.83 Å². The van der Waals surface area contributed by atoms with Crippen LogP contribution in [0.1, 0.15) is 10.4 Å². The fraction of sp³-hybridized carbons (Fsp3) is 0.143. The standard InChI is InChI=1S/C14H12N2O2S/c1-8-9(2)19-12-11(8)13(17)16(14(18)15-12)10-6-4-3-5-7-10/h3-7H,1-2H3,(H,15,18). The summed E-state index contributed by atoms with van der Waals surface area (Å²) in [6, 6.07) is 8.95. The molecule has 2 heterocycles. The first-order valence-electron chi connectivity index (χ1n) is 5.90. The lowest BCUT2D eigenvalue weighted by molar-refractivity contribution is 0.903. The highest BCUT2D eigenvalue weighted by Crippen LogP contribution is 2.25. The van der Waals surface area contributed by atoms with Crippen LogP contribution in [0.5, 0.6) is 0 Å². The van der Waals surface area contributed by atoms with E-state index < -0.39 is 5.69 Å². The Kier molecular flexibility index (Phi) is 2.64. The quantitative estimate of drug-likeness (QED) is 0.739. The minimum atomic E-state index is -0.398. The maximum Gasteiger partial charge on any atom is 0.334 e. The number of rotatable bonds is 1. The van der Waals surface area contributed by atoms with Gasteiger partial charge >= 0.3 is 5.69 Å². The van der Waals surface area contributed by atoms with E-state index in [0.717, 1.165) is 10.4 Å². The average molecular weight is 272 g/mol. The van der Waals surface area contributed by atoms with Crippen LogP contribution in [0.2, 0.25) is 0 Å². The topological polar surface area (TPSA) is 54.9 Å². The Morgan fingerprint density at radius 1 is 1.11 bits per heavy atom. The fourth-order valence-electron chi connectivity index (χ4n) is 2.14. The molecule has 0 fully saturated rings. The lowest BCUT2D eigenvalue weighted by Gasteiger charge is -2.04. The van der Waals surface area contributed by atoms with Gasteiger partial charge in [0.2, 0.25) is 0 Å². The monoisotopic (exact) mass is 272 g/mol. The number of hydrogen-bond acceptors (Lipinski definition) is 3. The number of para-hydroxylation sites is 1. The van der Waals surface area contributed by atoms with Crippen molar-refractivity contribution in [2.24, 2.45) is 0 Å². The molecule has 5 heteroatoms. The molecule has 0 aliphatic heterocycles. The van der Waals surface area contributed by atoms with Gasteiger partial charge in [-0.2, -0.15) is 0 Å². The second kappa shape index (κ2) is 4.20. The first kappa shape index (κ1) is 11.9. The zero-order valence-electron chi connectivity index (χ0n) is 10.6. The molecule has 0 bridgehead atoms. The maximum atomic E-state index is 12.5. The van der Waals surface area contributed by atoms with E-state index in [9.17, 15) is 9.59 Å². The Labute approximate surface area is 113 Å². The third kappa shape index (κ3) is 1.74. The molecular weight excluding hydrogens is 260 g/mol. The van der Waals surface area contributed by atoms with E-state index in [-0.39, 0.29) is 5.56 Å². The molecule has 4 nitrogen and oxygen atoms in total. The highest BCUT2D eigenvalue weighted by Gasteiger charge is 2.14. The van der Waals surface area contributed by atoms with Gasteiger partial charge in [-0.25, -0.2) is 9.36 Å². The number of thiophene rings is 1. The number of aromatic amines is 1. The van der Waals surface area contributed by atoms with Gasteiger partial charge in [-0.1, -0.05) is 18.2 Å². The van der Waals surface area contributed by atoms with Crippen molar-refractivity contribution in [1.82, 2.24) is 9.55 Å². The third-order valence-electron chi connectivity index (χ3n) is 3.24. The Balaban J connectivity index is 2.48. The van der Waals surface area contributed by atoms with Crippen LogP contribution in [0.3, 0.4) is 0 Å². The van der Waals surface area contributed by atoms with E-state index in [4.69, 9.17) is 0 Å². The van der Waals surface area contributed by atoms with E-state index in [1.54, 1.807) is 24.3 Å². The van der Waals surface area contributed by atoms with Gasteiger partial charge in [0.05, 0.1) is 11.1 Å². The van der Waals surface area contributed by atoms with Crippen LogP contribution < -0.4 is 11.2 Å². The van der Waals surface area contributed by atoms with Gasteiger partial charge in [-0.3, -0.25) is 9.78 Å². The van der Waals surface area contributed by atoms with E-state index >= 15 is 0 Å². The van der Waals surface area contributed by atoms with Crippen LogP contribution in [0, 0.1) is 13.8 Å². The summed E-state index contributed by atoms with van der Waals surface area (Å²) >= 11 is 1.44. The van der Waals surface area contributed by atoms with Crippen LogP contribution in [-0.4, -0.2) is 9.55 Å². The predicted molar refractivity (Wildman–Crippen MR) is 77.5 cm³/mol. The van der Waals surface area contributed by atoms with Crippen molar-refractivity contribution in [1.29, 1.82) is 0 Å². The van der Waals surface area contributed by atoms with E-state index in [1.165, 1.54) is 15.9 Å². The molecule has 3 rings (SSSR count). The summed E-state index contributed by atoms with van der Waals surface area (Å²) in [5.74, 6) is 0. The Hall–Kier alpha value is -2.14. The highest BCUT2D eigenvalue weighted by molar-refractivity contribution is 7.18. The van der Waals surface area contributed by atoms with Gasteiger partial charge in [0.25, 0.3) is 5.56 Å². The predicted octanol–water partition coefficient (Wildman–Crippen LogP) is 2.36. The number of benzene rings is 1. The van der Waals surface area contributed by atoms with Crippen molar-refractivity contribution in [2.45, 2.75) is 13.8 Å². The lowest BCUT2D eigenvalue weighted by atomic mass is 10.2. The van der Waals surface area contributed by atoms with Crippen molar-refractivity contribution in [3.8, 4) is 5.69 Å². The Bertz CT molecular complexity index is 872. The molecule has 0 saturated carbocycles. The van der Waals surface area contributed by atoms with E-state index in [1.807, 2.05) is 19.9 Å². The molecular formula is C14H12N2O2S. The SMILES string of the molecule is Cc1sc2[nH]c(=O)n(-c3ccccc3)c(=O)c2c1C. The summed E-state index contributed by atoms with van der Waals surface area (Å²) in [6.07, 6.45) is 0. The Morgan fingerprint density at radius 2 is 1.79 bits per heavy atom. The second-order valence-electron chi connectivity index (χ2n) is 4.39. The number of nitrogens with zero attached hydrogens (tertiary/aromatic N) is 1. The number of hydrogen-bond donors (Lipinski definition) is 1. The van der Waals surface area contributed by atoms with Gasteiger partial charge < -0.3 is 0 Å². The van der Waals surface area contributed by atoms with Crippen molar-refractivity contribution in [2.75, 3.05) is 0 Å². The zero-order chi connectivity index (χ0) is 13.6. The summed E-state index contributed by atoms with van der Waals surface area (Å²) in [7, 11) is 0. The van der Waals surface area contributed by atoms with E-state index in [0.29, 0.717) is 15.9 Å². The average Bonchev–Trinajstić information content (AvgIpc) is 2.66. The molecule has 96 valence electrons. The minimum Gasteiger partial charge on any atom is -0.298 e. The van der Waals surface area contributed by atoms with Crippen LogP contribution in [0.25, 0.3) is 15.9 Å². The van der Waals surface area contributed by atoms with E-state index in [2.05, 4.69) is 4.98 Å². The second-order valence-corrected chi connectivity index (χ2v) is 5.62. The molecule has 0 aliphatic carbocycles. The summed E-state index contributed by atoms with van der Waals surface area (Å²) in [6.45, 7) is 3.85. The molecule has 0 atom stereocenters. The highest BCUT2D eigenvalue weighted by atomic mass is 32.1. The van der Waals surface area contributed by atoms with Gasteiger partial charge in [0.15, 0.2) is 0 Å². The molecule has 0 saturated heterocycles. The molecule has 0 amide bonds. The number of nitrogens with one attached hydrogen (secondary N) is 1. The number of H-pyrrole nitrogens is 1. The number of aromatic nitrogens is 2. The summed E-state index contributed by atoms with van der Waals surface area (Å²) in [5.41, 5.74) is 0.863. The summed E-state index contributed by atoms with van der Waals surface area (Å²) < 4.78 is 1.18. The largest absolute Gasteiger partial charge is 0.334 e. The van der Waals surface area contributed by atoms with Crippen LogP contribution >= 0.6 is 11.3 Å². The molecule has 1 aromatic carbocycles. The molecule has 0 aliphatic rings. The smallest absolute Gasteiger partial charge is 0.298 e. The van der Waals surface area contributed by atoms with Crippen molar-refractivity contribution < 1.29 is 0 Å². The zero-order valence-corrected chi connectivity index (χ0v) is 11.4. The summed E-state index contributed by atoms with van der Waals surface area (Å²) in [5, 5.41) is 0.603. The van der Waals surface area contributed by atoms with Crippen LogP contribution in [-0.2, 0) is 0 Å². The molecule has 0 spiro atoms. The molecule has 0 radical (unpaired) electrons. The molecule has 3 aromatic rings.